The highest BCUT2D eigenvalue weighted by Gasteiger charge is 2.07. The molecule has 0 radical (unpaired) electrons. The van der Waals surface area contributed by atoms with Crippen molar-refractivity contribution in [1.29, 1.82) is 0 Å². The Morgan fingerprint density at radius 3 is 2.93 bits per heavy atom. The molecule has 2 N–H and O–H groups in total. The summed E-state index contributed by atoms with van der Waals surface area (Å²) in [4.78, 5) is 0. The van der Waals surface area contributed by atoms with E-state index in [0.717, 1.165) is 5.56 Å². The summed E-state index contributed by atoms with van der Waals surface area (Å²) in [7, 11) is 0. The second-order valence-corrected chi connectivity index (χ2v) is 3.53. The van der Waals surface area contributed by atoms with Gasteiger partial charge in [-0.2, -0.15) is 0 Å². The van der Waals surface area contributed by atoms with Crippen LogP contribution in [-0.4, -0.2) is 12.6 Å². The quantitative estimate of drug-likeness (QED) is 0.755. The number of halogens is 1. The minimum Gasteiger partial charge on any atom is -0.489 e. The van der Waals surface area contributed by atoms with Crippen molar-refractivity contribution >= 4 is 0 Å². The van der Waals surface area contributed by atoms with E-state index in [2.05, 4.69) is 6.58 Å². The monoisotopic (exact) mass is 209 g/mol. The Labute approximate surface area is 89.6 Å². The Kier molecular flexibility index (Phi) is 4.31. The average molecular weight is 209 g/mol. The Hall–Kier alpha value is -1.35. The second-order valence-electron chi connectivity index (χ2n) is 3.53. The number of hydrogen-bond donors (Lipinski definition) is 1. The first-order valence-electron chi connectivity index (χ1n) is 4.91. The van der Waals surface area contributed by atoms with Crippen LogP contribution in [0.1, 0.15) is 12.5 Å². The molecular formula is C12H16FNO. The number of ether oxygens (including phenoxy) is 1. The van der Waals surface area contributed by atoms with Crippen LogP contribution in [0.3, 0.4) is 0 Å². The van der Waals surface area contributed by atoms with Crippen molar-refractivity contribution in [3.63, 3.8) is 0 Å². The van der Waals surface area contributed by atoms with Crippen molar-refractivity contribution in [3.05, 3.63) is 42.2 Å². The molecule has 0 saturated carbocycles. The lowest BCUT2D eigenvalue weighted by atomic mass is 10.1. The molecule has 0 aliphatic heterocycles. The van der Waals surface area contributed by atoms with Crippen molar-refractivity contribution in [2.75, 3.05) is 6.61 Å². The van der Waals surface area contributed by atoms with E-state index in [1.807, 2.05) is 6.92 Å². The van der Waals surface area contributed by atoms with Crippen LogP contribution in [0, 0.1) is 5.82 Å². The van der Waals surface area contributed by atoms with Crippen molar-refractivity contribution < 1.29 is 9.13 Å². The van der Waals surface area contributed by atoms with Crippen LogP contribution in [0.5, 0.6) is 5.75 Å². The van der Waals surface area contributed by atoms with E-state index in [0.29, 0.717) is 18.8 Å². The van der Waals surface area contributed by atoms with Gasteiger partial charge in [0.25, 0.3) is 0 Å². The van der Waals surface area contributed by atoms with Gasteiger partial charge in [-0.25, -0.2) is 4.39 Å². The van der Waals surface area contributed by atoms with Gasteiger partial charge in [-0.15, -0.1) is 0 Å². The minimum atomic E-state index is -0.267. The predicted molar refractivity (Wildman–Crippen MR) is 59.4 cm³/mol. The maximum Gasteiger partial charge on any atom is 0.123 e. The van der Waals surface area contributed by atoms with Crippen molar-refractivity contribution in [2.24, 2.45) is 5.73 Å². The summed E-state index contributed by atoms with van der Waals surface area (Å²) in [6.07, 6.45) is 2.25. The topological polar surface area (TPSA) is 35.2 Å². The molecule has 1 rings (SSSR count). The summed E-state index contributed by atoms with van der Waals surface area (Å²) in [6, 6.07) is 4.44. The molecule has 0 aromatic heterocycles. The number of nitrogens with two attached hydrogens (primary N) is 1. The molecule has 1 unspecified atom stereocenters. The maximum absolute atomic E-state index is 13.0. The number of hydrogen-bond acceptors (Lipinski definition) is 2. The van der Waals surface area contributed by atoms with Crippen molar-refractivity contribution in [3.8, 4) is 5.75 Å². The molecule has 1 atom stereocenters. The summed E-state index contributed by atoms with van der Waals surface area (Å²) in [5, 5.41) is 0. The molecule has 1 aromatic rings. The Balaban J connectivity index is 2.86. The maximum atomic E-state index is 13.0. The summed E-state index contributed by atoms with van der Waals surface area (Å²) in [5.74, 6) is 0.408. The van der Waals surface area contributed by atoms with Gasteiger partial charge in [0.15, 0.2) is 0 Å². The Morgan fingerprint density at radius 1 is 1.60 bits per heavy atom. The Morgan fingerprint density at radius 2 is 2.33 bits per heavy atom. The van der Waals surface area contributed by atoms with Crippen LogP contribution in [0.25, 0.3) is 0 Å². The average Bonchev–Trinajstić information content (AvgIpc) is 2.16. The molecule has 2 nitrogen and oxygen atoms in total. The van der Waals surface area contributed by atoms with Crippen LogP contribution < -0.4 is 10.5 Å². The summed E-state index contributed by atoms with van der Waals surface area (Å²) >= 11 is 0. The smallest absolute Gasteiger partial charge is 0.123 e. The molecule has 15 heavy (non-hydrogen) atoms. The highest BCUT2D eigenvalue weighted by Crippen LogP contribution is 2.21. The van der Waals surface area contributed by atoms with E-state index in [9.17, 15) is 4.39 Å². The van der Waals surface area contributed by atoms with Gasteiger partial charge >= 0.3 is 0 Å². The second kappa shape index (κ2) is 5.51. The molecule has 0 aliphatic rings. The van der Waals surface area contributed by atoms with E-state index >= 15 is 0 Å². The van der Waals surface area contributed by atoms with E-state index in [1.165, 1.54) is 12.1 Å². The molecule has 0 heterocycles. The van der Waals surface area contributed by atoms with E-state index in [4.69, 9.17) is 10.5 Å². The SMILES string of the molecule is C=CCOc1ccc(F)cc1CC(C)N. The fraction of sp³-hybridized carbons (Fsp3) is 0.333. The first-order chi connectivity index (χ1) is 7.13. The third-order valence-corrected chi connectivity index (χ3v) is 1.92. The lowest BCUT2D eigenvalue weighted by molar-refractivity contribution is 0.357. The zero-order chi connectivity index (χ0) is 11.3. The van der Waals surface area contributed by atoms with E-state index < -0.39 is 0 Å². The molecule has 82 valence electrons. The molecule has 3 heteroatoms. The summed E-state index contributed by atoms with van der Waals surface area (Å²) in [6.45, 7) is 5.85. The van der Waals surface area contributed by atoms with Crippen LogP contribution in [-0.2, 0) is 6.42 Å². The summed E-state index contributed by atoms with van der Waals surface area (Å²) in [5.41, 5.74) is 6.47. The largest absolute Gasteiger partial charge is 0.489 e. The minimum absolute atomic E-state index is 0.0159. The fourth-order valence-corrected chi connectivity index (χ4v) is 1.34. The molecule has 0 bridgehead atoms. The van der Waals surface area contributed by atoms with Gasteiger partial charge in [0.1, 0.15) is 18.2 Å². The molecular weight excluding hydrogens is 193 g/mol. The molecule has 0 spiro atoms. The standard InChI is InChI=1S/C12H16FNO/c1-3-6-15-12-5-4-11(13)8-10(12)7-9(2)14/h3-5,8-9H,1,6-7,14H2,2H3. The van der Waals surface area contributed by atoms with Crippen LogP contribution >= 0.6 is 0 Å². The summed E-state index contributed by atoms with van der Waals surface area (Å²) < 4.78 is 18.4. The molecule has 0 saturated heterocycles. The van der Waals surface area contributed by atoms with Crippen LogP contribution in [0.4, 0.5) is 4.39 Å². The van der Waals surface area contributed by atoms with Gasteiger partial charge in [-0.3, -0.25) is 0 Å². The van der Waals surface area contributed by atoms with Gasteiger partial charge in [-0.1, -0.05) is 12.7 Å². The lowest BCUT2D eigenvalue weighted by Gasteiger charge is -2.12. The lowest BCUT2D eigenvalue weighted by Crippen LogP contribution is -2.18. The number of benzene rings is 1. The molecule has 0 fully saturated rings. The van der Waals surface area contributed by atoms with Crippen LogP contribution in [0.15, 0.2) is 30.9 Å². The highest BCUT2D eigenvalue weighted by atomic mass is 19.1. The van der Waals surface area contributed by atoms with Crippen LogP contribution in [0.2, 0.25) is 0 Å². The van der Waals surface area contributed by atoms with Gasteiger partial charge in [0, 0.05) is 6.04 Å². The Bertz CT molecular complexity index is 336. The van der Waals surface area contributed by atoms with Crippen molar-refractivity contribution in [1.82, 2.24) is 0 Å². The molecule has 1 aromatic carbocycles. The first-order valence-corrected chi connectivity index (χ1v) is 4.91. The van der Waals surface area contributed by atoms with E-state index in [-0.39, 0.29) is 11.9 Å². The first kappa shape index (κ1) is 11.7. The highest BCUT2D eigenvalue weighted by molar-refractivity contribution is 5.34. The fourth-order valence-electron chi connectivity index (χ4n) is 1.34. The van der Waals surface area contributed by atoms with Gasteiger partial charge in [0.2, 0.25) is 0 Å². The molecule has 0 amide bonds. The van der Waals surface area contributed by atoms with Crippen molar-refractivity contribution in [2.45, 2.75) is 19.4 Å². The zero-order valence-electron chi connectivity index (χ0n) is 8.87. The van der Waals surface area contributed by atoms with Gasteiger partial charge < -0.3 is 10.5 Å². The third kappa shape index (κ3) is 3.72. The third-order valence-electron chi connectivity index (χ3n) is 1.92. The predicted octanol–water partition coefficient (Wildman–Crippen LogP) is 2.28. The normalized spacial score (nSPS) is 12.2. The molecule has 0 aliphatic carbocycles. The van der Waals surface area contributed by atoms with E-state index in [1.54, 1.807) is 12.1 Å². The van der Waals surface area contributed by atoms with Gasteiger partial charge in [0.05, 0.1) is 0 Å². The zero-order valence-corrected chi connectivity index (χ0v) is 8.87. The number of rotatable bonds is 5. The van der Waals surface area contributed by atoms with Gasteiger partial charge in [-0.05, 0) is 37.1 Å².